The van der Waals surface area contributed by atoms with E-state index in [1.54, 1.807) is 0 Å². The van der Waals surface area contributed by atoms with E-state index in [0.29, 0.717) is 6.42 Å². The molecular weight excluding hydrogens is 104 g/mol. The van der Waals surface area contributed by atoms with Crippen molar-refractivity contribution in [1.82, 2.24) is 0 Å². The minimum atomic E-state index is -0.324. The molecule has 44 valence electrons. The topological polar surface area (TPSA) is 51.7 Å². The predicted octanol–water partition coefficient (Wildman–Crippen LogP) is 1.06. The standard InChI is InChI=1S/C5H7N2O/c1-2-3-5(8)7-4-6/h2-3H2,1H3/q-1. The number of rotatable bonds is 2. The Balaban J connectivity index is 3.49. The van der Waals surface area contributed by atoms with Gasteiger partial charge in [-0.2, -0.15) is 0 Å². The van der Waals surface area contributed by atoms with Gasteiger partial charge in [0.1, 0.15) is 0 Å². The summed E-state index contributed by atoms with van der Waals surface area (Å²) in [5.74, 6) is -0.324. The highest BCUT2D eigenvalue weighted by molar-refractivity contribution is 5.82. The maximum absolute atomic E-state index is 10.3. The Morgan fingerprint density at radius 3 is 2.88 bits per heavy atom. The molecule has 0 unspecified atom stereocenters. The largest absolute Gasteiger partial charge is 0.422 e. The molecule has 0 saturated carbocycles. The van der Waals surface area contributed by atoms with Gasteiger partial charge >= 0.3 is 0 Å². The van der Waals surface area contributed by atoms with E-state index in [0.717, 1.165) is 6.42 Å². The van der Waals surface area contributed by atoms with Crippen molar-refractivity contribution in [3.05, 3.63) is 5.41 Å². The van der Waals surface area contributed by atoms with Crippen molar-refractivity contribution in [1.29, 1.82) is 0 Å². The smallest absolute Gasteiger partial charge is 0.152 e. The first-order valence-electron chi connectivity index (χ1n) is 2.44. The number of hydrogen-bond donors (Lipinski definition) is 0. The Hall–Kier alpha value is -0.950. The molecule has 0 aliphatic carbocycles. The molecule has 0 atom stereocenters. The van der Waals surface area contributed by atoms with Crippen molar-refractivity contribution >= 4 is 11.9 Å². The van der Waals surface area contributed by atoms with Crippen LogP contribution in [0.1, 0.15) is 19.8 Å². The lowest BCUT2D eigenvalue weighted by atomic mass is 10.3. The van der Waals surface area contributed by atoms with Gasteiger partial charge in [0, 0.05) is 6.42 Å². The molecule has 0 aromatic heterocycles. The molecule has 3 heteroatoms. The SMILES string of the molecule is CCCC(=O)N=C=[N-]. The summed E-state index contributed by atoms with van der Waals surface area (Å²) in [6.45, 7) is 1.87. The van der Waals surface area contributed by atoms with E-state index in [1.807, 2.05) is 6.92 Å². The van der Waals surface area contributed by atoms with Gasteiger partial charge in [-0.1, -0.05) is 6.92 Å². The van der Waals surface area contributed by atoms with Crippen LogP contribution in [0.4, 0.5) is 0 Å². The molecule has 0 N–H and O–H groups in total. The first kappa shape index (κ1) is 7.05. The summed E-state index contributed by atoms with van der Waals surface area (Å²) >= 11 is 0. The van der Waals surface area contributed by atoms with Gasteiger partial charge < -0.3 is 10.4 Å². The summed E-state index contributed by atoms with van der Waals surface area (Å²) in [7, 11) is 0. The summed E-state index contributed by atoms with van der Waals surface area (Å²) in [6.07, 6.45) is 1.14. The van der Waals surface area contributed by atoms with Crippen LogP contribution < -0.4 is 0 Å². The monoisotopic (exact) mass is 111 g/mol. The zero-order valence-corrected chi connectivity index (χ0v) is 4.72. The number of aliphatic imine (C=N–C) groups is 1. The molecule has 0 aliphatic rings. The summed E-state index contributed by atoms with van der Waals surface area (Å²) in [5, 5.41) is 7.83. The summed E-state index contributed by atoms with van der Waals surface area (Å²) < 4.78 is 0. The average molecular weight is 111 g/mol. The summed E-state index contributed by atoms with van der Waals surface area (Å²) in [6, 6.07) is 1.43. The van der Waals surface area contributed by atoms with Crippen molar-refractivity contribution in [2.24, 2.45) is 4.99 Å². The van der Waals surface area contributed by atoms with Crippen molar-refractivity contribution in [2.45, 2.75) is 19.8 Å². The van der Waals surface area contributed by atoms with Gasteiger partial charge in [0.2, 0.25) is 0 Å². The molecule has 1 amide bonds. The van der Waals surface area contributed by atoms with Crippen LogP contribution >= 0.6 is 0 Å². The Morgan fingerprint density at radius 1 is 1.88 bits per heavy atom. The Labute approximate surface area is 47.9 Å². The molecule has 0 aromatic carbocycles. The fraction of sp³-hybridized carbons (Fsp3) is 0.600. The van der Waals surface area contributed by atoms with E-state index >= 15 is 0 Å². The Kier molecular flexibility index (Phi) is 3.71. The zero-order chi connectivity index (χ0) is 6.41. The van der Waals surface area contributed by atoms with Crippen LogP contribution in [0.25, 0.3) is 5.41 Å². The molecule has 0 bridgehead atoms. The third kappa shape index (κ3) is 3.25. The highest BCUT2D eigenvalue weighted by Gasteiger charge is 1.83. The molecule has 3 nitrogen and oxygen atoms in total. The second kappa shape index (κ2) is 4.22. The van der Waals surface area contributed by atoms with E-state index in [4.69, 9.17) is 5.41 Å². The second-order valence-corrected chi connectivity index (χ2v) is 1.36. The number of carbonyl (C=O) groups excluding carboxylic acids is 1. The zero-order valence-electron chi connectivity index (χ0n) is 4.72. The van der Waals surface area contributed by atoms with Crippen LogP contribution in [0.3, 0.4) is 0 Å². The van der Waals surface area contributed by atoms with E-state index in [1.165, 1.54) is 6.01 Å². The molecule has 0 spiro atoms. The van der Waals surface area contributed by atoms with Crippen molar-refractivity contribution in [3.63, 3.8) is 0 Å². The second-order valence-electron chi connectivity index (χ2n) is 1.36. The first-order chi connectivity index (χ1) is 3.81. The van der Waals surface area contributed by atoms with Crippen LogP contribution in [-0.2, 0) is 4.79 Å². The lowest BCUT2D eigenvalue weighted by Crippen LogP contribution is -1.88. The quantitative estimate of drug-likeness (QED) is 0.491. The molecule has 0 radical (unpaired) electrons. The van der Waals surface area contributed by atoms with Gasteiger partial charge in [-0.05, 0) is 6.42 Å². The van der Waals surface area contributed by atoms with Crippen LogP contribution in [0.5, 0.6) is 0 Å². The first-order valence-corrected chi connectivity index (χ1v) is 2.44. The highest BCUT2D eigenvalue weighted by Crippen LogP contribution is 1.87. The van der Waals surface area contributed by atoms with Crippen molar-refractivity contribution < 1.29 is 4.79 Å². The summed E-state index contributed by atoms with van der Waals surface area (Å²) in [4.78, 5) is 13.2. The fourth-order valence-corrected chi connectivity index (χ4v) is 0.326. The maximum atomic E-state index is 10.3. The number of amides is 1. The van der Waals surface area contributed by atoms with Crippen LogP contribution in [0.2, 0.25) is 0 Å². The van der Waals surface area contributed by atoms with Gasteiger partial charge in [0.25, 0.3) is 0 Å². The Morgan fingerprint density at radius 2 is 2.50 bits per heavy atom. The lowest BCUT2D eigenvalue weighted by Gasteiger charge is -1.89. The van der Waals surface area contributed by atoms with Crippen LogP contribution in [0.15, 0.2) is 4.99 Å². The molecule has 0 saturated heterocycles. The normalized spacial score (nSPS) is 7.62. The van der Waals surface area contributed by atoms with E-state index in [9.17, 15) is 4.79 Å². The third-order valence-electron chi connectivity index (χ3n) is 0.639. The van der Waals surface area contributed by atoms with Crippen molar-refractivity contribution in [3.8, 4) is 0 Å². The fourth-order valence-electron chi connectivity index (χ4n) is 0.326. The molecule has 8 heavy (non-hydrogen) atoms. The van der Waals surface area contributed by atoms with Gasteiger partial charge in [-0.15, -0.1) is 6.01 Å². The van der Waals surface area contributed by atoms with Crippen molar-refractivity contribution in [2.75, 3.05) is 0 Å². The number of hydrogen-bond acceptors (Lipinski definition) is 1. The minimum absolute atomic E-state index is 0.324. The summed E-state index contributed by atoms with van der Waals surface area (Å²) in [5.41, 5.74) is 0. The van der Waals surface area contributed by atoms with Gasteiger partial charge in [-0.25, -0.2) is 0 Å². The highest BCUT2D eigenvalue weighted by atomic mass is 16.1. The molecular formula is C5H7N2O-. The van der Waals surface area contributed by atoms with E-state index < -0.39 is 0 Å². The molecule has 0 aromatic rings. The molecule has 0 heterocycles. The van der Waals surface area contributed by atoms with Crippen LogP contribution in [0, 0.1) is 0 Å². The van der Waals surface area contributed by atoms with Gasteiger partial charge in [-0.3, -0.25) is 4.79 Å². The predicted molar refractivity (Wildman–Crippen MR) is 30.7 cm³/mol. The van der Waals surface area contributed by atoms with E-state index in [-0.39, 0.29) is 5.91 Å². The van der Waals surface area contributed by atoms with Gasteiger partial charge in [0.15, 0.2) is 5.91 Å². The van der Waals surface area contributed by atoms with Gasteiger partial charge in [0.05, 0.1) is 0 Å². The molecule has 0 aliphatic heterocycles. The maximum Gasteiger partial charge on any atom is 0.152 e. The molecule has 0 rings (SSSR count). The van der Waals surface area contributed by atoms with Crippen LogP contribution in [-0.4, -0.2) is 11.9 Å². The minimum Gasteiger partial charge on any atom is -0.422 e. The number of nitrogens with zero attached hydrogens (tertiary/aromatic N) is 2. The number of carbonyl (C=O) groups is 1. The third-order valence-corrected chi connectivity index (χ3v) is 0.639. The molecule has 0 fully saturated rings. The lowest BCUT2D eigenvalue weighted by molar-refractivity contribution is -0.117. The average Bonchev–Trinajstić information content (AvgIpc) is 1.68. The Bertz CT molecular complexity index is 124. The van der Waals surface area contributed by atoms with E-state index in [2.05, 4.69) is 4.99 Å².